The molecular formula is C16H16F2N6O. The van der Waals surface area contributed by atoms with Crippen LogP contribution in [0.2, 0.25) is 0 Å². The van der Waals surface area contributed by atoms with Crippen LogP contribution in [0.4, 0.5) is 8.78 Å². The summed E-state index contributed by atoms with van der Waals surface area (Å²) in [6, 6.07) is 4.61. The van der Waals surface area contributed by atoms with Gasteiger partial charge < -0.3 is 5.32 Å². The van der Waals surface area contributed by atoms with Gasteiger partial charge in [0.15, 0.2) is 11.3 Å². The average Bonchev–Trinajstić information content (AvgIpc) is 3.22. The van der Waals surface area contributed by atoms with E-state index in [2.05, 4.69) is 20.5 Å². The second kappa shape index (κ2) is 5.91. The summed E-state index contributed by atoms with van der Waals surface area (Å²) in [4.78, 5) is 16.7. The SMILES string of the molecule is Cn1nccc1CNC(=O)c1cc2nc(C3CC3)cc(C(F)F)n2n1. The first-order valence-electron chi connectivity index (χ1n) is 7.97. The van der Waals surface area contributed by atoms with Gasteiger partial charge in [-0.2, -0.15) is 10.2 Å². The van der Waals surface area contributed by atoms with Crippen LogP contribution in [0.3, 0.4) is 0 Å². The summed E-state index contributed by atoms with van der Waals surface area (Å²) in [7, 11) is 1.77. The Labute approximate surface area is 141 Å². The number of fused-ring (bicyclic) bond motifs is 1. The average molecular weight is 346 g/mol. The summed E-state index contributed by atoms with van der Waals surface area (Å²) in [5.74, 6) is -0.209. The quantitative estimate of drug-likeness (QED) is 0.768. The maximum absolute atomic E-state index is 13.4. The molecule has 7 nitrogen and oxygen atoms in total. The highest BCUT2D eigenvalue weighted by atomic mass is 19.3. The Balaban J connectivity index is 1.62. The van der Waals surface area contributed by atoms with E-state index in [0.717, 1.165) is 23.1 Å². The van der Waals surface area contributed by atoms with Gasteiger partial charge in [0.2, 0.25) is 0 Å². The Morgan fingerprint density at radius 2 is 2.20 bits per heavy atom. The van der Waals surface area contributed by atoms with Crippen molar-refractivity contribution >= 4 is 11.6 Å². The zero-order valence-electron chi connectivity index (χ0n) is 13.5. The third-order valence-electron chi connectivity index (χ3n) is 4.28. The lowest BCUT2D eigenvalue weighted by Crippen LogP contribution is -2.24. The van der Waals surface area contributed by atoms with Gasteiger partial charge in [-0.05, 0) is 25.0 Å². The Bertz CT molecular complexity index is 943. The molecule has 130 valence electrons. The fourth-order valence-corrected chi connectivity index (χ4v) is 2.71. The summed E-state index contributed by atoms with van der Waals surface area (Å²) >= 11 is 0. The van der Waals surface area contributed by atoms with E-state index in [1.807, 2.05) is 0 Å². The highest BCUT2D eigenvalue weighted by Crippen LogP contribution is 2.40. The lowest BCUT2D eigenvalue weighted by atomic mass is 10.2. The van der Waals surface area contributed by atoms with E-state index in [4.69, 9.17) is 0 Å². The van der Waals surface area contributed by atoms with Crippen molar-refractivity contribution in [1.29, 1.82) is 0 Å². The molecule has 0 aromatic carbocycles. The normalized spacial score (nSPS) is 14.4. The van der Waals surface area contributed by atoms with Crippen LogP contribution in [0.25, 0.3) is 5.65 Å². The third kappa shape index (κ3) is 2.97. The van der Waals surface area contributed by atoms with Crippen LogP contribution in [0.15, 0.2) is 24.4 Å². The fourth-order valence-electron chi connectivity index (χ4n) is 2.71. The topological polar surface area (TPSA) is 77.1 Å². The van der Waals surface area contributed by atoms with Gasteiger partial charge >= 0.3 is 0 Å². The van der Waals surface area contributed by atoms with Crippen molar-refractivity contribution in [2.75, 3.05) is 0 Å². The Hall–Kier alpha value is -2.84. The summed E-state index contributed by atoms with van der Waals surface area (Å²) in [6.07, 6.45) is 0.856. The maximum Gasteiger partial charge on any atom is 0.280 e. The Morgan fingerprint density at radius 3 is 2.84 bits per heavy atom. The van der Waals surface area contributed by atoms with E-state index in [9.17, 15) is 13.6 Å². The molecule has 3 aromatic heterocycles. The Morgan fingerprint density at radius 1 is 1.40 bits per heavy atom. The molecule has 1 N–H and O–H groups in total. The molecule has 0 aliphatic heterocycles. The molecule has 4 rings (SSSR count). The first kappa shape index (κ1) is 15.7. The predicted molar refractivity (Wildman–Crippen MR) is 84.3 cm³/mol. The summed E-state index contributed by atoms with van der Waals surface area (Å²) in [5, 5.41) is 10.7. The third-order valence-corrected chi connectivity index (χ3v) is 4.28. The van der Waals surface area contributed by atoms with Gasteiger partial charge in [0, 0.05) is 30.9 Å². The maximum atomic E-state index is 13.4. The number of carbonyl (C=O) groups is 1. The van der Waals surface area contributed by atoms with Crippen LogP contribution < -0.4 is 5.32 Å². The van der Waals surface area contributed by atoms with E-state index < -0.39 is 12.3 Å². The molecule has 3 aromatic rings. The molecule has 1 saturated carbocycles. The molecule has 0 unspecified atom stereocenters. The van der Waals surface area contributed by atoms with Crippen LogP contribution in [-0.2, 0) is 13.6 Å². The summed E-state index contributed by atoms with van der Waals surface area (Å²) in [6.45, 7) is 0.270. The molecule has 3 heterocycles. The molecule has 0 radical (unpaired) electrons. The standard InChI is InChI=1S/C16H16F2N6O/c1-23-10(4-5-20-23)8-19-16(25)12-7-14-21-11(9-2-3-9)6-13(15(17)18)24(14)22-12/h4-7,9,15H,2-3,8H2,1H3,(H,19,25). The van der Waals surface area contributed by atoms with Crippen LogP contribution in [0.5, 0.6) is 0 Å². The van der Waals surface area contributed by atoms with E-state index in [1.54, 1.807) is 24.0 Å². The minimum atomic E-state index is -2.69. The molecule has 1 fully saturated rings. The minimum Gasteiger partial charge on any atom is -0.345 e. The number of amides is 1. The second-order valence-electron chi connectivity index (χ2n) is 6.11. The number of halogens is 2. The van der Waals surface area contributed by atoms with Gasteiger partial charge in [0.25, 0.3) is 12.3 Å². The number of aromatic nitrogens is 5. The lowest BCUT2D eigenvalue weighted by Gasteiger charge is -2.06. The molecule has 1 amide bonds. The number of hydrogen-bond donors (Lipinski definition) is 1. The monoisotopic (exact) mass is 346 g/mol. The first-order chi connectivity index (χ1) is 12.0. The highest BCUT2D eigenvalue weighted by molar-refractivity contribution is 5.93. The molecule has 25 heavy (non-hydrogen) atoms. The lowest BCUT2D eigenvalue weighted by molar-refractivity contribution is 0.0943. The van der Waals surface area contributed by atoms with Gasteiger partial charge in [-0.1, -0.05) is 0 Å². The number of alkyl halides is 2. The molecule has 0 bridgehead atoms. The molecule has 1 aliphatic rings. The second-order valence-corrected chi connectivity index (χ2v) is 6.11. The van der Waals surface area contributed by atoms with Gasteiger partial charge in [0.05, 0.1) is 12.2 Å². The van der Waals surface area contributed by atoms with Crippen molar-refractivity contribution in [1.82, 2.24) is 29.7 Å². The van der Waals surface area contributed by atoms with E-state index >= 15 is 0 Å². The van der Waals surface area contributed by atoms with Crippen molar-refractivity contribution in [3.05, 3.63) is 47.2 Å². The van der Waals surface area contributed by atoms with Crippen molar-refractivity contribution in [2.24, 2.45) is 7.05 Å². The molecule has 0 spiro atoms. The first-order valence-corrected chi connectivity index (χ1v) is 7.97. The van der Waals surface area contributed by atoms with Crippen LogP contribution in [0.1, 0.15) is 52.8 Å². The zero-order chi connectivity index (χ0) is 17.6. The largest absolute Gasteiger partial charge is 0.345 e. The van der Waals surface area contributed by atoms with Gasteiger partial charge in [-0.15, -0.1) is 0 Å². The van der Waals surface area contributed by atoms with Gasteiger partial charge in [0.1, 0.15) is 5.69 Å². The number of aryl methyl sites for hydroxylation is 1. The molecular weight excluding hydrogens is 330 g/mol. The number of nitrogens with zero attached hydrogens (tertiary/aromatic N) is 5. The summed E-state index contributed by atoms with van der Waals surface area (Å²) in [5.41, 5.74) is 1.55. The fraction of sp³-hybridized carbons (Fsp3) is 0.375. The molecule has 9 heteroatoms. The van der Waals surface area contributed by atoms with Gasteiger partial charge in [-0.3, -0.25) is 9.48 Å². The molecule has 0 saturated heterocycles. The zero-order valence-corrected chi connectivity index (χ0v) is 13.5. The van der Waals surface area contributed by atoms with Crippen molar-refractivity contribution in [3.8, 4) is 0 Å². The highest BCUT2D eigenvalue weighted by Gasteiger charge is 2.28. The number of hydrogen-bond acceptors (Lipinski definition) is 4. The van der Waals surface area contributed by atoms with Crippen LogP contribution in [-0.4, -0.2) is 30.3 Å². The van der Waals surface area contributed by atoms with E-state index in [0.29, 0.717) is 5.69 Å². The molecule has 1 aliphatic carbocycles. The van der Waals surface area contributed by atoms with Crippen molar-refractivity contribution < 1.29 is 13.6 Å². The van der Waals surface area contributed by atoms with E-state index in [1.165, 1.54) is 12.1 Å². The number of carbonyl (C=O) groups excluding carboxylic acids is 1. The smallest absolute Gasteiger partial charge is 0.280 e. The van der Waals surface area contributed by atoms with Crippen LogP contribution >= 0.6 is 0 Å². The predicted octanol–water partition coefficient (Wildman–Crippen LogP) is 2.21. The van der Waals surface area contributed by atoms with E-state index in [-0.39, 0.29) is 29.5 Å². The van der Waals surface area contributed by atoms with Gasteiger partial charge in [-0.25, -0.2) is 18.3 Å². The number of rotatable bonds is 5. The summed E-state index contributed by atoms with van der Waals surface area (Å²) < 4.78 is 29.4. The Kier molecular flexibility index (Phi) is 3.70. The number of nitrogens with one attached hydrogen (secondary N) is 1. The van der Waals surface area contributed by atoms with Crippen molar-refractivity contribution in [3.63, 3.8) is 0 Å². The van der Waals surface area contributed by atoms with Crippen molar-refractivity contribution in [2.45, 2.75) is 31.7 Å². The molecule has 0 atom stereocenters. The minimum absolute atomic E-state index is 0.0597. The van der Waals surface area contributed by atoms with Crippen LogP contribution in [0, 0.1) is 0 Å².